The molecule has 21 heavy (non-hydrogen) atoms. The zero-order valence-corrected chi connectivity index (χ0v) is 12.7. The van der Waals surface area contributed by atoms with E-state index in [4.69, 9.17) is 0 Å². The molecule has 0 spiro atoms. The fraction of sp³-hybridized carbons (Fsp3) is 0.211. The summed E-state index contributed by atoms with van der Waals surface area (Å²) in [5.41, 5.74) is 6.06. The Labute approximate surface area is 126 Å². The van der Waals surface area contributed by atoms with Gasteiger partial charge in [0, 0.05) is 11.8 Å². The minimum Gasteiger partial charge on any atom is -0.240 e. The predicted molar refractivity (Wildman–Crippen MR) is 87.8 cm³/mol. The van der Waals surface area contributed by atoms with E-state index in [1.807, 2.05) is 10.9 Å². The molecule has 0 saturated carbocycles. The summed E-state index contributed by atoms with van der Waals surface area (Å²) in [7, 11) is 0. The van der Waals surface area contributed by atoms with Crippen molar-refractivity contribution in [1.29, 1.82) is 0 Å². The highest BCUT2D eigenvalue weighted by Crippen LogP contribution is 2.21. The molecule has 3 aromatic rings. The number of rotatable bonds is 3. The summed E-state index contributed by atoms with van der Waals surface area (Å²) in [6.45, 7) is 6.51. The number of hydrogen-bond donors (Lipinski definition) is 0. The summed E-state index contributed by atoms with van der Waals surface area (Å²) in [5, 5.41) is 4.48. The average molecular weight is 276 g/mol. The third kappa shape index (κ3) is 2.89. The zero-order chi connectivity index (χ0) is 14.8. The Morgan fingerprint density at radius 3 is 2.14 bits per heavy atom. The second-order valence-corrected chi connectivity index (χ2v) is 5.79. The summed E-state index contributed by atoms with van der Waals surface area (Å²) in [6.07, 6.45) is 4.00. The van der Waals surface area contributed by atoms with Crippen LogP contribution in [0.3, 0.4) is 0 Å². The minimum atomic E-state index is 0.555. The number of nitrogens with zero attached hydrogens (tertiary/aromatic N) is 2. The highest BCUT2D eigenvalue weighted by molar-refractivity contribution is 5.62. The van der Waals surface area contributed by atoms with Crippen LogP contribution in [-0.2, 0) is 0 Å². The summed E-state index contributed by atoms with van der Waals surface area (Å²) in [4.78, 5) is 0. The van der Waals surface area contributed by atoms with Gasteiger partial charge in [0.1, 0.15) is 0 Å². The van der Waals surface area contributed by atoms with Gasteiger partial charge < -0.3 is 0 Å². The van der Waals surface area contributed by atoms with Gasteiger partial charge in [-0.3, -0.25) is 0 Å². The second kappa shape index (κ2) is 5.57. The van der Waals surface area contributed by atoms with Crippen LogP contribution >= 0.6 is 0 Å². The van der Waals surface area contributed by atoms with E-state index in [1.165, 1.54) is 16.7 Å². The standard InChI is InChI=1S/C19H20N2/c1-14(2)16-8-10-19(11-9-16)21-13-18(12-20-21)17-6-4-15(3)5-7-17/h4-14H,1-3H3. The SMILES string of the molecule is Cc1ccc(-c2cnn(-c3ccc(C(C)C)cc3)c2)cc1. The van der Waals surface area contributed by atoms with Crippen LogP contribution in [0.25, 0.3) is 16.8 Å². The Morgan fingerprint density at radius 1 is 0.857 bits per heavy atom. The van der Waals surface area contributed by atoms with Gasteiger partial charge in [0.2, 0.25) is 0 Å². The molecular formula is C19H20N2. The van der Waals surface area contributed by atoms with E-state index in [0.717, 1.165) is 11.3 Å². The molecule has 2 heteroatoms. The molecule has 1 heterocycles. The first kappa shape index (κ1) is 13.6. The monoisotopic (exact) mass is 276 g/mol. The number of hydrogen-bond acceptors (Lipinski definition) is 1. The van der Waals surface area contributed by atoms with Gasteiger partial charge in [-0.15, -0.1) is 0 Å². The van der Waals surface area contributed by atoms with E-state index in [-0.39, 0.29) is 0 Å². The van der Waals surface area contributed by atoms with Crippen molar-refractivity contribution in [3.8, 4) is 16.8 Å². The molecule has 0 saturated heterocycles. The molecule has 2 aromatic carbocycles. The normalized spacial score (nSPS) is 11.0. The van der Waals surface area contributed by atoms with E-state index < -0.39 is 0 Å². The van der Waals surface area contributed by atoms with Gasteiger partial charge >= 0.3 is 0 Å². The zero-order valence-electron chi connectivity index (χ0n) is 12.7. The Hall–Kier alpha value is -2.35. The largest absolute Gasteiger partial charge is 0.240 e. The fourth-order valence-electron chi connectivity index (χ4n) is 2.37. The highest BCUT2D eigenvalue weighted by atomic mass is 15.3. The van der Waals surface area contributed by atoms with Crippen molar-refractivity contribution in [3.05, 3.63) is 72.1 Å². The van der Waals surface area contributed by atoms with Gasteiger partial charge in [-0.2, -0.15) is 5.10 Å². The lowest BCUT2D eigenvalue weighted by Gasteiger charge is -2.06. The molecule has 0 N–H and O–H groups in total. The highest BCUT2D eigenvalue weighted by Gasteiger charge is 2.04. The predicted octanol–water partition coefficient (Wildman–Crippen LogP) is 4.97. The maximum Gasteiger partial charge on any atom is 0.0646 e. The lowest BCUT2D eigenvalue weighted by molar-refractivity contribution is 0.854. The van der Waals surface area contributed by atoms with Crippen molar-refractivity contribution in [3.63, 3.8) is 0 Å². The fourth-order valence-corrected chi connectivity index (χ4v) is 2.37. The van der Waals surface area contributed by atoms with Crippen LogP contribution in [0.2, 0.25) is 0 Å². The molecule has 0 aliphatic carbocycles. The maximum atomic E-state index is 4.48. The third-order valence-corrected chi connectivity index (χ3v) is 3.79. The van der Waals surface area contributed by atoms with Gasteiger partial charge in [-0.05, 0) is 36.1 Å². The van der Waals surface area contributed by atoms with E-state index in [9.17, 15) is 0 Å². The smallest absolute Gasteiger partial charge is 0.0646 e. The Bertz CT molecular complexity index is 719. The van der Waals surface area contributed by atoms with Crippen LogP contribution in [0.1, 0.15) is 30.9 Å². The lowest BCUT2D eigenvalue weighted by atomic mass is 10.0. The second-order valence-electron chi connectivity index (χ2n) is 5.79. The van der Waals surface area contributed by atoms with Crippen LogP contribution in [0.15, 0.2) is 60.9 Å². The summed E-state index contributed by atoms with van der Waals surface area (Å²) >= 11 is 0. The van der Waals surface area contributed by atoms with Crippen molar-refractivity contribution in [2.24, 2.45) is 0 Å². The summed E-state index contributed by atoms with van der Waals surface area (Å²) < 4.78 is 1.93. The Balaban J connectivity index is 1.89. The molecule has 0 fully saturated rings. The van der Waals surface area contributed by atoms with Gasteiger partial charge in [-0.25, -0.2) is 4.68 Å². The molecular weight excluding hydrogens is 256 g/mol. The first-order valence-corrected chi connectivity index (χ1v) is 7.35. The van der Waals surface area contributed by atoms with Gasteiger partial charge in [0.25, 0.3) is 0 Å². The van der Waals surface area contributed by atoms with Crippen molar-refractivity contribution in [2.45, 2.75) is 26.7 Å². The van der Waals surface area contributed by atoms with Crippen molar-refractivity contribution < 1.29 is 0 Å². The summed E-state index contributed by atoms with van der Waals surface area (Å²) in [5.74, 6) is 0.555. The Kier molecular flexibility index (Phi) is 3.61. The maximum absolute atomic E-state index is 4.48. The van der Waals surface area contributed by atoms with E-state index in [0.29, 0.717) is 5.92 Å². The van der Waals surface area contributed by atoms with Crippen LogP contribution in [-0.4, -0.2) is 9.78 Å². The molecule has 0 bridgehead atoms. The van der Waals surface area contributed by atoms with E-state index in [1.54, 1.807) is 0 Å². The van der Waals surface area contributed by atoms with Crippen LogP contribution in [0, 0.1) is 6.92 Å². The average Bonchev–Trinajstić information content (AvgIpc) is 2.98. The van der Waals surface area contributed by atoms with Crippen molar-refractivity contribution in [2.75, 3.05) is 0 Å². The number of benzene rings is 2. The van der Waals surface area contributed by atoms with Crippen LogP contribution < -0.4 is 0 Å². The molecule has 0 aliphatic rings. The molecule has 0 radical (unpaired) electrons. The number of aromatic nitrogens is 2. The van der Waals surface area contributed by atoms with E-state index >= 15 is 0 Å². The van der Waals surface area contributed by atoms with Crippen LogP contribution in [0.4, 0.5) is 0 Å². The third-order valence-electron chi connectivity index (χ3n) is 3.79. The molecule has 3 rings (SSSR count). The van der Waals surface area contributed by atoms with E-state index in [2.05, 4.69) is 80.6 Å². The molecule has 0 amide bonds. The topological polar surface area (TPSA) is 17.8 Å². The Morgan fingerprint density at radius 2 is 1.52 bits per heavy atom. The molecule has 1 aromatic heterocycles. The van der Waals surface area contributed by atoms with Crippen molar-refractivity contribution >= 4 is 0 Å². The van der Waals surface area contributed by atoms with Gasteiger partial charge in [0.05, 0.1) is 11.9 Å². The molecule has 106 valence electrons. The lowest BCUT2D eigenvalue weighted by Crippen LogP contribution is -1.95. The van der Waals surface area contributed by atoms with Crippen molar-refractivity contribution in [1.82, 2.24) is 9.78 Å². The first-order valence-electron chi connectivity index (χ1n) is 7.35. The quantitative estimate of drug-likeness (QED) is 0.660. The van der Waals surface area contributed by atoms with Crippen LogP contribution in [0.5, 0.6) is 0 Å². The summed E-state index contributed by atoms with van der Waals surface area (Å²) in [6, 6.07) is 17.1. The minimum absolute atomic E-state index is 0.555. The van der Waals surface area contributed by atoms with Gasteiger partial charge in [0.15, 0.2) is 0 Å². The first-order chi connectivity index (χ1) is 10.1. The molecule has 0 unspecified atom stereocenters. The number of aryl methyl sites for hydroxylation is 1. The molecule has 0 atom stereocenters. The molecule has 0 aliphatic heterocycles. The molecule has 2 nitrogen and oxygen atoms in total. The van der Waals surface area contributed by atoms with Gasteiger partial charge in [-0.1, -0.05) is 55.8 Å².